The first-order valence-electron chi connectivity index (χ1n) is 5.91. The number of alkyl halides is 1. The number of nitrogens with zero attached hydrogens (tertiary/aromatic N) is 1. The highest BCUT2D eigenvalue weighted by Gasteiger charge is 2.21. The minimum Gasteiger partial charge on any atom is -0.299 e. The van der Waals surface area contributed by atoms with Crippen LogP contribution in [-0.2, 0) is 6.54 Å². The summed E-state index contributed by atoms with van der Waals surface area (Å²) in [6, 6.07) is 5.87. The maximum atomic E-state index is 6.01. The standard InChI is InChI=1S/C13H16Cl3N/c14-5-3-10-4-6-17(8-10)9-11-1-2-12(15)13(16)7-11/h1-2,7,10H,3-6,8-9H2. The number of likely N-dealkylation sites (tertiary alicyclic amines) is 1. The highest BCUT2D eigenvalue weighted by Crippen LogP contribution is 2.25. The molecule has 0 N–H and O–H groups in total. The lowest BCUT2D eigenvalue weighted by Gasteiger charge is -2.16. The van der Waals surface area contributed by atoms with Crippen LogP contribution >= 0.6 is 34.8 Å². The average Bonchev–Trinajstić information content (AvgIpc) is 2.72. The zero-order chi connectivity index (χ0) is 12.3. The third-order valence-corrected chi connectivity index (χ3v) is 4.23. The van der Waals surface area contributed by atoms with Crippen LogP contribution in [0, 0.1) is 5.92 Å². The summed E-state index contributed by atoms with van der Waals surface area (Å²) in [6.45, 7) is 3.25. The van der Waals surface area contributed by atoms with Crippen molar-refractivity contribution >= 4 is 34.8 Å². The first-order chi connectivity index (χ1) is 8.19. The lowest BCUT2D eigenvalue weighted by atomic mass is 10.1. The molecule has 1 unspecified atom stereocenters. The van der Waals surface area contributed by atoms with E-state index < -0.39 is 0 Å². The van der Waals surface area contributed by atoms with Crippen LogP contribution in [0.5, 0.6) is 0 Å². The topological polar surface area (TPSA) is 3.24 Å². The molecule has 1 aliphatic heterocycles. The van der Waals surface area contributed by atoms with E-state index in [2.05, 4.69) is 4.90 Å². The van der Waals surface area contributed by atoms with Gasteiger partial charge in [0.15, 0.2) is 0 Å². The summed E-state index contributed by atoms with van der Waals surface area (Å²) in [6.07, 6.45) is 2.38. The summed E-state index contributed by atoms with van der Waals surface area (Å²) in [4.78, 5) is 2.46. The van der Waals surface area contributed by atoms with Gasteiger partial charge in [0, 0.05) is 19.0 Å². The maximum Gasteiger partial charge on any atom is 0.0595 e. The molecule has 0 bridgehead atoms. The molecule has 0 radical (unpaired) electrons. The monoisotopic (exact) mass is 291 g/mol. The Bertz CT molecular complexity index is 381. The molecule has 1 aromatic carbocycles. The van der Waals surface area contributed by atoms with E-state index in [9.17, 15) is 0 Å². The van der Waals surface area contributed by atoms with Crippen molar-refractivity contribution in [3.63, 3.8) is 0 Å². The highest BCUT2D eigenvalue weighted by molar-refractivity contribution is 6.42. The van der Waals surface area contributed by atoms with E-state index in [0.29, 0.717) is 10.0 Å². The summed E-state index contributed by atoms with van der Waals surface area (Å²) >= 11 is 17.7. The van der Waals surface area contributed by atoms with Crippen LogP contribution in [0.4, 0.5) is 0 Å². The summed E-state index contributed by atoms with van der Waals surface area (Å²) < 4.78 is 0. The number of halogens is 3. The highest BCUT2D eigenvalue weighted by atomic mass is 35.5. The Balaban J connectivity index is 1.91. The van der Waals surface area contributed by atoms with Gasteiger partial charge in [0.05, 0.1) is 10.0 Å². The summed E-state index contributed by atoms with van der Waals surface area (Å²) in [5.41, 5.74) is 1.23. The van der Waals surface area contributed by atoms with Gasteiger partial charge in [-0.3, -0.25) is 4.90 Å². The third-order valence-electron chi connectivity index (χ3n) is 3.28. The van der Waals surface area contributed by atoms with E-state index in [1.54, 1.807) is 0 Å². The fraction of sp³-hybridized carbons (Fsp3) is 0.538. The first kappa shape index (κ1) is 13.5. The van der Waals surface area contributed by atoms with Crippen molar-refractivity contribution in [2.45, 2.75) is 19.4 Å². The molecule has 1 aliphatic rings. The third kappa shape index (κ3) is 3.75. The molecule has 0 amide bonds. The molecule has 1 saturated heterocycles. The predicted molar refractivity (Wildman–Crippen MR) is 75.2 cm³/mol. The SMILES string of the molecule is ClCCC1CCN(Cc2ccc(Cl)c(Cl)c2)C1. The van der Waals surface area contributed by atoms with Crippen LogP contribution in [0.15, 0.2) is 18.2 Å². The Morgan fingerprint density at radius 1 is 1.24 bits per heavy atom. The van der Waals surface area contributed by atoms with Gasteiger partial charge in [-0.05, 0) is 43.0 Å². The molecule has 0 aliphatic carbocycles. The molecular formula is C13H16Cl3N. The Kier molecular flexibility index (Phi) is 4.98. The fourth-order valence-electron chi connectivity index (χ4n) is 2.34. The second kappa shape index (κ2) is 6.29. The van der Waals surface area contributed by atoms with Gasteiger partial charge >= 0.3 is 0 Å². The van der Waals surface area contributed by atoms with Crippen molar-refractivity contribution in [3.05, 3.63) is 33.8 Å². The average molecular weight is 293 g/mol. The van der Waals surface area contributed by atoms with E-state index >= 15 is 0 Å². The molecule has 94 valence electrons. The minimum atomic E-state index is 0.622. The molecule has 17 heavy (non-hydrogen) atoms. The Morgan fingerprint density at radius 2 is 2.06 bits per heavy atom. The molecule has 1 fully saturated rings. The van der Waals surface area contributed by atoms with Gasteiger partial charge < -0.3 is 0 Å². The minimum absolute atomic E-state index is 0.622. The maximum absolute atomic E-state index is 6.01. The molecule has 0 aromatic heterocycles. The lowest BCUT2D eigenvalue weighted by molar-refractivity contribution is 0.315. The van der Waals surface area contributed by atoms with E-state index in [1.807, 2.05) is 18.2 Å². The molecular weight excluding hydrogens is 277 g/mol. The zero-order valence-corrected chi connectivity index (χ0v) is 11.9. The molecule has 2 rings (SSSR count). The van der Waals surface area contributed by atoms with Crippen LogP contribution in [0.25, 0.3) is 0 Å². The second-order valence-corrected chi connectivity index (χ2v) is 5.81. The van der Waals surface area contributed by atoms with Gasteiger partial charge in [-0.15, -0.1) is 11.6 Å². The van der Waals surface area contributed by atoms with Crippen molar-refractivity contribution in [2.75, 3.05) is 19.0 Å². The van der Waals surface area contributed by atoms with Gasteiger partial charge in [-0.2, -0.15) is 0 Å². The molecule has 1 aromatic rings. The quantitative estimate of drug-likeness (QED) is 0.741. The molecule has 1 heterocycles. The number of hydrogen-bond donors (Lipinski definition) is 0. The lowest BCUT2D eigenvalue weighted by Crippen LogP contribution is -2.20. The summed E-state index contributed by atoms with van der Waals surface area (Å²) in [5.74, 6) is 1.53. The zero-order valence-electron chi connectivity index (χ0n) is 9.63. The van der Waals surface area contributed by atoms with E-state index in [-0.39, 0.29) is 0 Å². The van der Waals surface area contributed by atoms with Crippen LogP contribution < -0.4 is 0 Å². The van der Waals surface area contributed by atoms with Gasteiger partial charge in [0.25, 0.3) is 0 Å². The van der Waals surface area contributed by atoms with Gasteiger partial charge in [-0.25, -0.2) is 0 Å². The number of rotatable bonds is 4. The fourth-order valence-corrected chi connectivity index (χ4v) is 2.97. The van der Waals surface area contributed by atoms with Gasteiger partial charge in [-0.1, -0.05) is 29.3 Å². The number of hydrogen-bond acceptors (Lipinski definition) is 1. The van der Waals surface area contributed by atoms with Gasteiger partial charge in [0.2, 0.25) is 0 Å². The van der Waals surface area contributed by atoms with E-state index in [0.717, 1.165) is 37.9 Å². The van der Waals surface area contributed by atoms with Crippen molar-refractivity contribution in [1.29, 1.82) is 0 Å². The predicted octanol–water partition coefficient (Wildman–Crippen LogP) is 4.44. The van der Waals surface area contributed by atoms with Crippen molar-refractivity contribution < 1.29 is 0 Å². The molecule has 1 nitrogen and oxygen atoms in total. The van der Waals surface area contributed by atoms with E-state index in [4.69, 9.17) is 34.8 Å². The van der Waals surface area contributed by atoms with E-state index in [1.165, 1.54) is 12.0 Å². The molecule has 0 spiro atoms. The van der Waals surface area contributed by atoms with Crippen molar-refractivity contribution in [3.8, 4) is 0 Å². The van der Waals surface area contributed by atoms with Crippen molar-refractivity contribution in [2.24, 2.45) is 5.92 Å². The Hall–Kier alpha value is 0.0500. The summed E-state index contributed by atoms with van der Waals surface area (Å²) in [7, 11) is 0. The van der Waals surface area contributed by atoms with Crippen LogP contribution in [-0.4, -0.2) is 23.9 Å². The van der Waals surface area contributed by atoms with Crippen LogP contribution in [0.3, 0.4) is 0 Å². The summed E-state index contributed by atoms with van der Waals surface area (Å²) in [5, 5.41) is 1.26. The Morgan fingerprint density at radius 3 is 2.76 bits per heavy atom. The van der Waals surface area contributed by atoms with Crippen LogP contribution in [0.2, 0.25) is 10.0 Å². The first-order valence-corrected chi connectivity index (χ1v) is 7.20. The van der Waals surface area contributed by atoms with Crippen LogP contribution in [0.1, 0.15) is 18.4 Å². The Labute approximate surface area is 118 Å². The van der Waals surface area contributed by atoms with Crippen molar-refractivity contribution in [1.82, 2.24) is 4.90 Å². The normalized spacial score (nSPS) is 21.0. The van der Waals surface area contributed by atoms with Gasteiger partial charge in [0.1, 0.15) is 0 Å². The second-order valence-electron chi connectivity index (χ2n) is 4.62. The smallest absolute Gasteiger partial charge is 0.0595 e. The molecule has 1 atom stereocenters. The number of benzene rings is 1. The largest absolute Gasteiger partial charge is 0.299 e. The molecule has 0 saturated carbocycles. The molecule has 4 heteroatoms.